The van der Waals surface area contributed by atoms with Crippen molar-refractivity contribution >= 4 is 5.91 Å². The van der Waals surface area contributed by atoms with Crippen LogP contribution in [-0.4, -0.2) is 45.1 Å². The lowest BCUT2D eigenvalue weighted by Crippen LogP contribution is -2.36. The lowest BCUT2D eigenvalue weighted by Gasteiger charge is -2.20. The van der Waals surface area contributed by atoms with Gasteiger partial charge in [-0.05, 0) is 12.8 Å². The Morgan fingerprint density at radius 1 is 1.62 bits per heavy atom. The predicted octanol–water partition coefficient (Wildman–Crippen LogP) is -0.633. The van der Waals surface area contributed by atoms with Crippen LogP contribution in [0, 0.1) is 0 Å². The lowest BCUT2D eigenvalue weighted by atomic mass is 10.3. The van der Waals surface area contributed by atoms with Crippen LogP contribution >= 0.6 is 0 Å². The van der Waals surface area contributed by atoms with Gasteiger partial charge < -0.3 is 15.0 Å². The first-order chi connectivity index (χ1) is 7.72. The number of nitrogens with zero attached hydrogens (tertiary/aromatic N) is 2. The number of aromatic amines is 1. The number of aliphatic hydroxyl groups is 1. The van der Waals surface area contributed by atoms with Crippen LogP contribution in [0.25, 0.3) is 0 Å². The first-order valence-electron chi connectivity index (χ1n) is 5.19. The number of hydrogen-bond donors (Lipinski definition) is 2. The average molecular weight is 223 g/mol. The fraction of sp³-hybridized carbons (Fsp3) is 0.500. The van der Waals surface area contributed by atoms with Gasteiger partial charge in [0.15, 0.2) is 0 Å². The van der Waals surface area contributed by atoms with Crippen molar-refractivity contribution in [3.8, 4) is 0 Å². The standard InChI is InChI=1S/C10H13N3O3/c14-4-3-13(7-1-2-7)10(16)8-5-12-9(15)6-11-8/h5-7,14H,1-4H2,(H,12,15). The van der Waals surface area contributed by atoms with Crippen LogP contribution in [0.4, 0.5) is 0 Å². The zero-order valence-electron chi connectivity index (χ0n) is 8.72. The largest absolute Gasteiger partial charge is 0.395 e. The smallest absolute Gasteiger partial charge is 0.274 e. The molecule has 0 unspecified atom stereocenters. The fourth-order valence-corrected chi connectivity index (χ4v) is 1.55. The van der Waals surface area contributed by atoms with E-state index in [1.54, 1.807) is 4.90 Å². The van der Waals surface area contributed by atoms with Gasteiger partial charge in [0.05, 0.1) is 12.8 Å². The zero-order chi connectivity index (χ0) is 11.5. The second-order valence-corrected chi connectivity index (χ2v) is 3.75. The van der Waals surface area contributed by atoms with Gasteiger partial charge in [0.1, 0.15) is 5.69 Å². The molecule has 0 radical (unpaired) electrons. The molecular weight excluding hydrogens is 210 g/mol. The summed E-state index contributed by atoms with van der Waals surface area (Å²) in [5, 5.41) is 8.88. The molecule has 1 aliphatic rings. The van der Waals surface area contributed by atoms with E-state index in [-0.39, 0.29) is 29.8 Å². The third kappa shape index (κ3) is 2.27. The van der Waals surface area contributed by atoms with Gasteiger partial charge >= 0.3 is 0 Å². The molecule has 0 atom stereocenters. The van der Waals surface area contributed by atoms with E-state index in [1.807, 2.05) is 0 Å². The van der Waals surface area contributed by atoms with E-state index in [9.17, 15) is 9.59 Å². The quantitative estimate of drug-likeness (QED) is 0.711. The van der Waals surface area contributed by atoms with Crippen molar-refractivity contribution in [3.63, 3.8) is 0 Å². The average Bonchev–Trinajstić information content (AvgIpc) is 3.10. The molecule has 6 heteroatoms. The highest BCUT2D eigenvalue weighted by molar-refractivity contribution is 5.92. The van der Waals surface area contributed by atoms with Crippen LogP contribution in [0.15, 0.2) is 17.2 Å². The maximum atomic E-state index is 12.0. The zero-order valence-corrected chi connectivity index (χ0v) is 8.72. The Hall–Kier alpha value is -1.69. The number of aliphatic hydroxyl groups excluding tert-OH is 1. The van der Waals surface area contributed by atoms with Gasteiger partial charge in [0.2, 0.25) is 0 Å². The first kappa shape index (κ1) is 10.8. The van der Waals surface area contributed by atoms with Crippen LogP contribution in [0.5, 0.6) is 0 Å². The Labute approximate surface area is 91.9 Å². The van der Waals surface area contributed by atoms with Crippen LogP contribution in [0.3, 0.4) is 0 Å². The third-order valence-corrected chi connectivity index (χ3v) is 2.48. The van der Waals surface area contributed by atoms with Crippen LogP contribution in [0.2, 0.25) is 0 Å². The van der Waals surface area contributed by atoms with E-state index < -0.39 is 0 Å². The summed E-state index contributed by atoms with van der Waals surface area (Å²) < 4.78 is 0. The Balaban J connectivity index is 2.15. The highest BCUT2D eigenvalue weighted by Gasteiger charge is 2.33. The molecule has 0 aromatic carbocycles. The van der Waals surface area contributed by atoms with Gasteiger partial charge in [-0.25, -0.2) is 4.98 Å². The van der Waals surface area contributed by atoms with Crippen molar-refractivity contribution in [2.24, 2.45) is 0 Å². The predicted molar refractivity (Wildman–Crippen MR) is 56.0 cm³/mol. The van der Waals surface area contributed by atoms with Crippen LogP contribution in [-0.2, 0) is 0 Å². The van der Waals surface area contributed by atoms with Gasteiger partial charge in [0, 0.05) is 18.8 Å². The third-order valence-electron chi connectivity index (χ3n) is 2.48. The Morgan fingerprint density at radius 2 is 2.38 bits per heavy atom. The molecule has 16 heavy (non-hydrogen) atoms. The SMILES string of the molecule is O=C(c1c[nH]c(=O)cn1)N(CCO)C1CC1. The second-order valence-electron chi connectivity index (χ2n) is 3.75. The summed E-state index contributed by atoms with van der Waals surface area (Å²) >= 11 is 0. The van der Waals surface area contributed by atoms with Crippen molar-refractivity contribution in [2.45, 2.75) is 18.9 Å². The minimum atomic E-state index is -0.336. The van der Waals surface area contributed by atoms with Crippen molar-refractivity contribution in [1.29, 1.82) is 0 Å². The number of hydrogen-bond acceptors (Lipinski definition) is 4. The second kappa shape index (κ2) is 4.44. The van der Waals surface area contributed by atoms with E-state index in [1.165, 1.54) is 6.20 Å². The Bertz CT molecular complexity index is 419. The van der Waals surface area contributed by atoms with Crippen molar-refractivity contribution in [2.75, 3.05) is 13.2 Å². The number of H-pyrrole nitrogens is 1. The monoisotopic (exact) mass is 223 g/mol. The van der Waals surface area contributed by atoms with E-state index in [0.717, 1.165) is 19.0 Å². The highest BCUT2D eigenvalue weighted by atomic mass is 16.3. The molecule has 1 amide bonds. The normalized spacial score (nSPS) is 14.8. The van der Waals surface area contributed by atoms with E-state index in [0.29, 0.717) is 6.54 Å². The minimum Gasteiger partial charge on any atom is -0.395 e. The fourth-order valence-electron chi connectivity index (χ4n) is 1.55. The molecule has 1 aromatic heterocycles. The minimum absolute atomic E-state index is 0.0639. The summed E-state index contributed by atoms with van der Waals surface area (Å²) in [5.41, 5.74) is -0.128. The van der Waals surface area contributed by atoms with Gasteiger partial charge in [-0.2, -0.15) is 0 Å². The Kier molecular flexibility index (Phi) is 3.00. The molecule has 0 spiro atoms. The molecule has 0 bridgehead atoms. The van der Waals surface area contributed by atoms with Crippen LogP contribution in [0.1, 0.15) is 23.3 Å². The number of amides is 1. The number of rotatable bonds is 4. The molecule has 0 aliphatic heterocycles. The van der Waals surface area contributed by atoms with Crippen molar-refractivity contribution in [1.82, 2.24) is 14.9 Å². The van der Waals surface area contributed by atoms with Gasteiger partial charge in [-0.3, -0.25) is 9.59 Å². The molecular formula is C10H13N3O3. The molecule has 1 aliphatic carbocycles. The van der Waals surface area contributed by atoms with E-state index >= 15 is 0 Å². The highest BCUT2D eigenvalue weighted by Crippen LogP contribution is 2.27. The topological polar surface area (TPSA) is 86.3 Å². The first-order valence-corrected chi connectivity index (χ1v) is 5.19. The molecule has 2 rings (SSSR count). The summed E-state index contributed by atoms with van der Waals surface area (Å²) in [5.74, 6) is -0.243. The maximum absolute atomic E-state index is 12.0. The van der Waals surface area contributed by atoms with Gasteiger partial charge in [0.25, 0.3) is 11.5 Å². The van der Waals surface area contributed by atoms with Crippen LogP contribution < -0.4 is 5.56 Å². The molecule has 1 aromatic rings. The summed E-state index contributed by atoms with van der Waals surface area (Å²) in [6.07, 6.45) is 4.32. The molecule has 2 N–H and O–H groups in total. The van der Waals surface area contributed by atoms with E-state index in [4.69, 9.17) is 5.11 Å². The number of nitrogens with one attached hydrogen (secondary N) is 1. The molecule has 1 saturated carbocycles. The number of carbonyl (C=O) groups is 1. The van der Waals surface area contributed by atoms with Gasteiger partial charge in [-0.15, -0.1) is 0 Å². The van der Waals surface area contributed by atoms with Crippen molar-refractivity contribution < 1.29 is 9.90 Å². The van der Waals surface area contributed by atoms with E-state index in [2.05, 4.69) is 9.97 Å². The summed E-state index contributed by atoms with van der Waals surface area (Å²) in [7, 11) is 0. The number of aromatic nitrogens is 2. The lowest BCUT2D eigenvalue weighted by molar-refractivity contribution is 0.0701. The molecule has 6 nitrogen and oxygen atoms in total. The summed E-state index contributed by atoms with van der Waals surface area (Å²) in [6.45, 7) is 0.246. The maximum Gasteiger partial charge on any atom is 0.274 e. The van der Waals surface area contributed by atoms with Crippen molar-refractivity contribution in [3.05, 3.63) is 28.4 Å². The van der Waals surface area contributed by atoms with Gasteiger partial charge in [-0.1, -0.05) is 0 Å². The molecule has 0 saturated heterocycles. The molecule has 86 valence electrons. The molecule has 1 fully saturated rings. The molecule has 1 heterocycles. The summed E-state index contributed by atoms with van der Waals surface area (Å²) in [4.78, 5) is 30.5. The Morgan fingerprint density at radius 3 is 2.88 bits per heavy atom. The summed E-state index contributed by atoms with van der Waals surface area (Å²) in [6, 6.07) is 0.216. The number of carbonyl (C=O) groups excluding carboxylic acids is 1.